The Balaban J connectivity index is 0. The Kier molecular flexibility index (Phi) is 9.66. The van der Waals surface area contributed by atoms with Crippen molar-refractivity contribution in [2.24, 2.45) is 0 Å². The van der Waals surface area contributed by atoms with Crippen molar-refractivity contribution in [2.45, 2.75) is 6.92 Å². The van der Waals surface area contributed by atoms with Gasteiger partial charge in [0.1, 0.15) is 4.49 Å². The Morgan fingerprint density at radius 1 is 1.55 bits per heavy atom. The molecule has 0 aromatic heterocycles. The average molecular weight is 217 g/mol. The quantitative estimate of drug-likeness (QED) is 0.685. The van der Waals surface area contributed by atoms with Gasteiger partial charge in [0.15, 0.2) is 0 Å². The summed E-state index contributed by atoms with van der Waals surface area (Å²) >= 11 is 14.8. The molecule has 5 heteroatoms. The topological polar surface area (TPSA) is 37.3 Å². The molecule has 2 nitrogen and oxygen atoms in total. The molecule has 0 heterocycles. The lowest BCUT2D eigenvalue weighted by atomic mass is 10.4. The van der Waals surface area contributed by atoms with Crippen molar-refractivity contribution in [2.75, 3.05) is 0 Å². The standard InChI is InChI=1S/C4H6O2.C2HCl3/c1-3(2)4(5)6;3-1-2(4)5/h1H2,2H3,(H,5,6);1H. The highest BCUT2D eigenvalue weighted by atomic mass is 35.5. The first-order valence-electron chi connectivity index (χ1n) is 2.42. The number of carbonyl (C=O) groups is 1. The Morgan fingerprint density at radius 3 is 1.73 bits per heavy atom. The van der Waals surface area contributed by atoms with E-state index >= 15 is 0 Å². The summed E-state index contributed by atoms with van der Waals surface area (Å²) in [6, 6.07) is 0. The molecule has 0 amide bonds. The first-order valence-corrected chi connectivity index (χ1v) is 3.61. The van der Waals surface area contributed by atoms with Crippen LogP contribution in [0.15, 0.2) is 22.2 Å². The molecule has 11 heavy (non-hydrogen) atoms. The van der Waals surface area contributed by atoms with E-state index in [4.69, 9.17) is 39.9 Å². The number of carboxylic acid groups (broad SMARTS) is 1. The highest BCUT2D eigenvalue weighted by molar-refractivity contribution is 6.58. The number of hydrogen-bond acceptors (Lipinski definition) is 1. The van der Waals surface area contributed by atoms with Crippen molar-refractivity contribution in [3.63, 3.8) is 0 Å². The molecule has 0 aliphatic rings. The molecule has 1 N–H and O–H groups in total. The fourth-order valence-electron chi connectivity index (χ4n) is 0. The van der Waals surface area contributed by atoms with Gasteiger partial charge in [0, 0.05) is 11.1 Å². The predicted octanol–water partition coefficient (Wildman–Crippen LogP) is 3.15. The maximum Gasteiger partial charge on any atom is 0.330 e. The van der Waals surface area contributed by atoms with Crippen LogP contribution >= 0.6 is 34.8 Å². The first-order chi connectivity index (χ1) is 4.91. The summed E-state index contributed by atoms with van der Waals surface area (Å²) in [6.07, 6.45) is 0. The van der Waals surface area contributed by atoms with Crippen LogP contribution in [0.1, 0.15) is 6.92 Å². The zero-order valence-electron chi connectivity index (χ0n) is 5.77. The molecule has 0 saturated heterocycles. The minimum Gasteiger partial charge on any atom is -0.478 e. The van der Waals surface area contributed by atoms with Crippen LogP contribution in [0.2, 0.25) is 0 Å². The lowest BCUT2D eigenvalue weighted by Crippen LogP contribution is -1.92. The van der Waals surface area contributed by atoms with E-state index < -0.39 is 5.97 Å². The van der Waals surface area contributed by atoms with Crippen LogP contribution in [0.3, 0.4) is 0 Å². The number of rotatable bonds is 1. The van der Waals surface area contributed by atoms with E-state index in [2.05, 4.69) is 6.58 Å². The van der Waals surface area contributed by atoms with Crippen LogP contribution in [0.5, 0.6) is 0 Å². The summed E-state index contributed by atoms with van der Waals surface area (Å²) in [7, 11) is 0. The lowest BCUT2D eigenvalue weighted by molar-refractivity contribution is -0.132. The van der Waals surface area contributed by atoms with Gasteiger partial charge in [-0.1, -0.05) is 41.4 Å². The van der Waals surface area contributed by atoms with Crippen molar-refractivity contribution < 1.29 is 9.90 Å². The second-order valence-corrected chi connectivity index (χ2v) is 2.71. The minimum atomic E-state index is -0.935. The fourth-order valence-corrected chi connectivity index (χ4v) is 0. The SMILES string of the molecule is C=C(C)C(=O)O.ClC=C(Cl)Cl. The van der Waals surface area contributed by atoms with Crippen molar-refractivity contribution in [3.05, 3.63) is 22.2 Å². The van der Waals surface area contributed by atoms with Crippen LogP contribution in [0.25, 0.3) is 0 Å². The molecule has 0 unspecified atom stereocenters. The number of hydrogen-bond donors (Lipinski definition) is 1. The van der Waals surface area contributed by atoms with Gasteiger partial charge >= 0.3 is 5.97 Å². The second kappa shape index (κ2) is 7.92. The molecule has 0 aromatic carbocycles. The van der Waals surface area contributed by atoms with Crippen LogP contribution in [-0.2, 0) is 4.79 Å². The summed E-state index contributed by atoms with van der Waals surface area (Å²) in [5.41, 5.74) is 1.26. The molecule has 0 saturated carbocycles. The molecule has 0 aromatic rings. The second-order valence-electron chi connectivity index (χ2n) is 1.48. The van der Waals surface area contributed by atoms with Crippen LogP contribution in [-0.4, -0.2) is 11.1 Å². The van der Waals surface area contributed by atoms with Crippen LogP contribution in [0.4, 0.5) is 0 Å². The minimum absolute atomic E-state index is 0.0895. The van der Waals surface area contributed by atoms with E-state index in [0.717, 1.165) is 5.54 Å². The average Bonchev–Trinajstić information content (AvgIpc) is 1.89. The third-order valence-corrected chi connectivity index (χ3v) is 1.11. The van der Waals surface area contributed by atoms with Crippen molar-refractivity contribution >= 4 is 40.8 Å². The largest absolute Gasteiger partial charge is 0.478 e. The Hall–Kier alpha value is -0.180. The number of aliphatic carboxylic acids is 1. The van der Waals surface area contributed by atoms with Gasteiger partial charge in [-0.3, -0.25) is 0 Å². The molecule has 0 aliphatic heterocycles. The van der Waals surface area contributed by atoms with Gasteiger partial charge in [-0.15, -0.1) is 0 Å². The molecule has 0 rings (SSSR count). The van der Waals surface area contributed by atoms with Gasteiger partial charge in [-0.2, -0.15) is 0 Å². The summed E-state index contributed by atoms with van der Waals surface area (Å²) in [4.78, 5) is 9.60. The summed E-state index contributed by atoms with van der Waals surface area (Å²) in [6.45, 7) is 4.60. The first kappa shape index (κ1) is 13.4. The van der Waals surface area contributed by atoms with Gasteiger partial charge in [0.25, 0.3) is 0 Å². The zero-order chi connectivity index (χ0) is 9.44. The summed E-state index contributed by atoms with van der Waals surface area (Å²) in [5, 5.41) is 7.89. The monoisotopic (exact) mass is 216 g/mol. The van der Waals surface area contributed by atoms with Crippen LogP contribution < -0.4 is 0 Å². The third kappa shape index (κ3) is 17.7. The predicted molar refractivity (Wildman–Crippen MR) is 48.1 cm³/mol. The highest BCUT2D eigenvalue weighted by Crippen LogP contribution is 2.05. The zero-order valence-corrected chi connectivity index (χ0v) is 8.04. The van der Waals surface area contributed by atoms with Crippen molar-refractivity contribution in [3.8, 4) is 0 Å². The normalized spacial score (nSPS) is 7.27. The van der Waals surface area contributed by atoms with Gasteiger partial charge in [-0.05, 0) is 6.92 Å². The van der Waals surface area contributed by atoms with Gasteiger partial charge in [0.05, 0.1) is 0 Å². The Bertz CT molecular complexity index is 159. The molecule has 0 atom stereocenters. The van der Waals surface area contributed by atoms with E-state index in [-0.39, 0.29) is 10.1 Å². The Labute approximate surface area is 80.1 Å². The van der Waals surface area contributed by atoms with Crippen molar-refractivity contribution in [1.82, 2.24) is 0 Å². The Morgan fingerprint density at radius 2 is 1.73 bits per heavy atom. The maximum atomic E-state index is 9.60. The van der Waals surface area contributed by atoms with E-state index in [9.17, 15) is 4.79 Å². The van der Waals surface area contributed by atoms with Gasteiger partial charge in [-0.25, -0.2) is 4.79 Å². The number of carboxylic acids is 1. The molecule has 0 fully saturated rings. The van der Waals surface area contributed by atoms with E-state index in [1.165, 1.54) is 6.92 Å². The van der Waals surface area contributed by atoms with Crippen molar-refractivity contribution in [1.29, 1.82) is 0 Å². The summed E-state index contributed by atoms with van der Waals surface area (Å²) in [5.74, 6) is -0.935. The van der Waals surface area contributed by atoms with E-state index in [1.807, 2.05) is 0 Å². The molecule has 64 valence electrons. The van der Waals surface area contributed by atoms with Crippen LogP contribution in [0, 0.1) is 0 Å². The van der Waals surface area contributed by atoms with E-state index in [1.54, 1.807) is 0 Å². The molecule has 0 radical (unpaired) electrons. The third-order valence-electron chi connectivity index (χ3n) is 0.448. The fraction of sp³-hybridized carbons (Fsp3) is 0.167. The molecular formula is C6H7Cl3O2. The maximum absolute atomic E-state index is 9.60. The molecule has 0 spiro atoms. The van der Waals surface area contributed by atoms with Gasteiger partial charge < -0.3 is 5.11 Å². The number of halogens is 3. The molecule has 0 bridgehead atoms. The molecule has 0 aliphatic carbocycles. The molecular weight excluding hydrogens is 210 g/mol. The lowest BCUT2D eigenvalue weighted by Gasteiger charge is -1.79. The summed E-state index contributed by atoms with van der Waals surface area (Å²) < 4.78 is 0.0895. The van der Waals surface area contributed by atoms with Gasteiger partial charge in [0.2, 0.25) is 0 Å². The highest BCUT2D eigenvalue weighted by Gasteiger charge is 1.90. The van der Waals surface area contributed by atoms with E-state index in [0.29, 0.717) is 0 Å². The smallest absolute Gasteiger partial charge is 0.330 e.